The van der Waals surface area contributed by atoms with Gasteiger partial charge in [-0.1, -0.05) is 20.8 Å². The minimum absolute atomic E-state index is 0.638. The molecular formula is C15H28N4O. The van der Waals surface area contributed by atoms with Gasteiger partial charge >= 0.3 is 0 Å². The first kappa shape index (κ1) is 15.3. The summed E-state index contributed by atoms with van der Waals surface area (Å²) in [6.07, 6.45) is 4.12. The second kappa shape index (κ2) is 7.64. The van der Waals surface area contributed by atoms with Crippen molar-refractivity contribution in [3.05, 3.63) is 12.0 Å². The maximum Gasteiger partial charge on any atom is 0.297 e. The fourth-order valence-electron chi connectivity index (χ4n) is 2.87. The monoisotopic (exact) mass is 280 g/mol. The second-order valence-corrected chi connectivity index (χ2v) is 5.41. The molecule has 1 aromatic rings. The first-order valence-corrected chi connectivity index (χ1v) is 7.92. The molecule has 2 rings (SSSR count). The predicted molar refractivity (Wildman–Crippen MR) is 82.0 cm³/mol. The standard InChI is InChI=1S/C15H28N4O/c1-4-8-16-10-13-12-20-15(17-13)19-9-7-14(11-19)18(5-2)6-3/h12,14,16H,4-11H2,1-3H3. The Morgan fingerprint density at radius 3 is 2.90 bits per heavy atom. The lowest BCUT2D eigenvalue weighted by atomic mass is 10.2. The molecule has 1 atom stereocenters. The minimum atomic E-state index is 0.638. The Balaban J connectivity index is 1.86. The number of nitrogens with one attached hydrogen (secondary N) is 1. The van der Waals surface area contributed by atoms with Crippen LogP contribution in [0.4, 0.5) is 6.01 Å². The summed E-state index contributed by atoms with van der Waals surface area (Å²) in [7, 11) is 0. The van der Waals surface area contributed by atoms with Crippen LogP contribution >= 0.6 is 0 Å². The number of hydrogen-bond donors (Lipinski definition) is 1. The highest BCUT2D eigenvalue weighted by atomic mass is 16.4. The first-order valence-electron chi connectivity index (χ1n) is 7.92. The van der Waals surface area contributed by atoms with Crippen LogP contribution in [0.25, 0.3) is 0 Å². The zero-order valence-corrected chi connectivity index (χ0v) is 13.1. The normalized spacial score (nSPS) is 19.2. The summed E-state index contributed by atoms with van der Waals surface area (Å²) >= 11 is 0. The number of nitrogens with zero attached hydrogens (tertiary/aromatic N) is 3. The third kappa shape index (κ3) is 3.73. The molecule has 0 amide bonds. The van der Waals surface area contributed by atoms with Crippen LogP contribution in [0.1, 0.15) is 39.3 Å². The Hall–Kier alpha value is -1.07. The zero-order valence-electron chi connectivity index (χ0n) is 13.1. The van der Waals surface area contributed by atoms with Crippen molar-refractivity contribution >= 4 is 6.01 Å². The number of rotatable bonds is 8. The fourth-order valence-corrected chi connectivity index (χ4v) is 2.87. The molecule has 1 saturated heterocycles. The van der Waals surface area contributed by atoms with E-state index in [4.69, 9.17) is 4.42 Å². The Labute approximate surface area is 122 Å². The molecule has 5 heteroatoms. The molecule has 1 N–H and O–H groups in total. The van der Waals surface area contributed by atoms with Gasteiger partial charge in [0.15, 0.2) is 0 Å². The van der Waals surface area contributed by atoms with Crippen molar-refractivity contribution in [2.45, 2.75) is 46.2 Å². The topological polar surface area (TPSA) is 44.5 Å². The third-order valence-corrected chi connectivity index (χ3v) is 4.04. The molecule has 20 heavy (non-hydrogen) atoms. The van der Waals surface area contributed by atoms with E-state index in [1.54, 1.807) is 6.26 Å². The molecule has 0 radical (unpaired) electrons. The van der Waals surface area contributed by atoms with Crippen molar-refractivity contribution in [1.29, 1.82) is 0 Å². The predicted octanol–water partition coefficient (Wildman–Crippen LogP) is 2.09. The Morgan fingerprint density at radius 2 is 2.20 bits per heavy atom. The highest BCUT2D eigenvalue weighted by molar-refractivity contribution is 5.29. The van der Waals surface area contributed by atoms with E-state index in [1.165, 1.54) is 6.42 Å². The molecule has 0 saturated carbocycles. The Kier molecular flexibility index (Phi) is 5.86. The van der Waals surface area contributed by atoms with E-state index < -0.39 is 0 Å². The van der Waals surface area contributed by atoms with E-state index in [0.717, 1.165) is 57.4 Å². The third-order valence-electron chi connectivity index (χ3n) is 4.04. The van der Waals surface area contributed by atoms with Crippen LogP contribution in [0.2, 0.25) is 0 Å². The Morgan fingerprint density at radius 1 is 1.40 bits per heavy atom. The molecule has 0 bridgehead atoms. The molecule has 0 aromatic carbocycles. The number of anilines is 1. The molecule has 0 spiro atoms. The quantitative estimate of drug-likeness (QED) is 0.739. The maximum absolute atomic E-state index is 5.63. The van der Waals surface area contributed by atoms with Gasteiger partial charge in [-0.2, -0.15) is 4.98 Å². The van der Waals surface area contributed by atoms with Gasteiger partial charge in [-0.05, 0) is 32.5 Å². The lowest BCUT2D eigenvalue weighted by Crippen LogP contribution is -2.37. The number of aromatic nitrogens is 1. The van der Waals surface area contributed by atoms with Crippen LogP contribution in [-0.2, 0) is 6.54 Å². The SMILES string of the molecule is CCCNCc1coc(N2CCC(N(CC)CC)C2)n1. The number of oxazole rings is 1. The van der Waals surface area contributed by atoms with Crippen molar-refractivity contribution in [3.63, 3.8) is 0 Å². The number of hydrogen-bond acceptors (Lipinski definition) is 5. The van der Waals surface area contributed by atoms with Crippen LogP contribution < -0.4 is 10.2 Å². The van der Waals surface area contributed by atoms with Crippen LogP contribution in [0.5, 0.6) is 0 Å². The van der Waals surface area contributed by atoms with E-state index in [0.29, 0.717) is 6.04 Å². The summed E-state index contributed by atoms with van der Waals surface area (Å²) in [5.41, 5.74) is 1.000. The van der Waals surface area contributed by atoms with Crippen molar-refractivity contribution in [2.24, 2.45) is 0 Å². The van der Waals surface area contributed by atoms with Crippen molar-refractivity contribution in [3.8, 4) is 0 Å². The summed E-state index contributed by atoms with van der Waals surface area (Å²) in [5, 5.41) is 3.35. The summed E-state index contributed by atoms with van der Waals surface area (Å²) in [5.74, 6) is 0. The van der Waals surface area contributed by atoms with Gasteiger partial charge in [-0.15, -0.1) is 0 Å². The minimum Gasteiger partial charge on any atom is -0.432 e. The van der Waals surface area contributed by atoms with Gasteiger partial charge in [0.05, 0.1) is 5.69 Å². The molecule has 2 heterocycles. The molecule has 114 valence electrons. The molecule has 1 unspecified atom stereocenters. The van der Waals surface area contributed by atoms with E-state index >= 15 is 0 Å². The average Bonchev–Trinajstić information content (AvgIpc) is 3.09. The molecule has 5 nitrogen and oxygen atoms in total. The highest BCUT2D eigenvalue weighted by Crippen LogP contribution is 2.22. The van der Waals surface area contributed by atoms with E-state index in [2.05, 4.69) is 40.9 Å². The van der Waals surface area contributed by atoms with Crippen molar-refractivity contribution in [2.75, 3.05) is 37.6 Å². The second-order valence-electron chi connectivity index (χ2n) is 5.41. The van der Waals surface area contributed by atoms with E-state index in [9.17, 15) is 0 Å². The lowest BCUT2D eigenvalue weighted by Gasteiger charge is -2.25. The molecule has 1 aliphatic heterocycles. The fraction of sp³-hybridized carbons (Fsp3) is 0.800. The summed E-state index contributed by atoms with van der Waals surface area (Å²) in [6.45, 7) is 12.8. The Bertz CT molecular complexity index is 389. The first-order chi connectivity index (χ1) is 9.78. The smallest absolute Gasteiger partial charge is 0.297 e. The van der Waals surface area contributed by atoms with Crippen LogP contribution in [0.15, 0.2) is 10.7 Å². The average molecular weight is 280 g/mol. The molecule has 1 aliphatic rings. The summed E-state index contributed by atoms with van der Waals surface area (Å²) in [6, 6.07) is 1.42. The van der Waals surface area contributed by atoms with Gasteiger partial charge < -0.3 is 14.6 Å². The van der Waals surface area contributed by atoms with Gasteiger partial charge in [-0.25, -0.2) is 0 Å². The van der Waals surface area contributed by atoms with Crippen molar-refractivity contribution in [1.82, 2.24) is 15.2 Å². The van der Waals surface area contributed by atoms with Crippen LogP contribution in [0.3, 0.4) is 0 Å². The summed E-state index contributed by atoms with van der Waals surface area (Å²) < 4.78 is 5.63. The van der Waals surface area contributed by atoms with Gasteiger partial charge in [0, 0.05) is 25.7 Å². The van der Waals surface area contributed by atoms with Gasteiger partial charge in [0.1, 0.15) is 6.26 Å². The molecular weight excluding hydrogens is 252 g/mol. The zero-order chi connectivity index (χ0) is 14.4. The van der Waals surface area contributed by atoms with Gasteiger partial charge in [-0.3, -0.25) is 4.90 Å². The van der Waals surface area contributed by atoms with E-state index in [-0.39, 0.29) is 0 Å². The molecule has 1 fully saturated rings. The van der Waals surface area contributed by atoms with Crippen LogP contribution in [0, 0.1) is 0 Å². The van der Waals surface area contributed by atoms with Gasteiger partial charge in [0.25, 0.3) is 6.01 Å². The lowest BCUT2D eigenvalue weighted by molar-refractivity contribution is 0.232. The van der Waals surface area contributed by atoms with Gasteiger partial charge in [0.2, 0.25) is 0 Å². The van der Waals surface area contributed by atoms with E-state index in [1.807, 2.05) is 0 Å². The summed E-state index contributed by atoms with van der Waals surface area (Å²) in [4.78, 5) is 9.38. The number of likely N-dealkylation sites (N-methyl/N-ethyl adjacent to an activating group) is 1. The maximum atomic E-state index is 5.63. The van der Waals surface area contributed by atoms with Crippen molar-refractivity contribution < 1.29 is 4.42 Å². The molecule has 0 aliphatic carbocycles. The molecule has 1 aromatic heterocycles. The largest absolute Gasteiger partial charge is 0.432 e. The van der Waals surface area contributed by atoms with Crippen LogP contribution in [-0.4, -0.2) is 48.6 Å². The highest BCUT2D eigenvalue weighted by Gasteiger charge is 2.28.